The van der Waals surface area contributed by atoms with Gasteiger partial charge in [-0.25, -0.2) is 14.2 Å². The van der Waals surface area contributed by atoms with Gasteiger partial charge in [-0.15, -0.1) is 12.4 Å². The van der Waals surface area contributed by atoms with Gasteiger partial charge in [0.05, 0.1) is 61.8 Å². The lowest BCUT2D eigenvalue weighted by Crippen LogP contribution is -2.38. The van der Waals surface area contributed by atoms with Crippen LogP contribution in [0.4, 0.5) is 10.5 Å². The zero-order valence-electron chi connectivity index (χ0n) is 38.8. The van der Waals surface area contributed by atoms with Crippen LogP contribution in [-0.4, -0.2) is 53.5 Å². The summed E-state index contributed by atoms with van der Waals surface area (Å²) in [6.45, 7) is 11.7. The Morgan fingerprint density at radius 2 is 1.10 bits per heavy atom. The van der Waals surface area contributed by atoms with Crippen LogP contribution in [-0.2, 0) is 51.6 Å². The van der Waals surface area contributed by atoms with Crippen LogP contribution in [0.1, 0.15) is 87.3 Å². The van der Waals surface area contributed by atoms with Gasteiger partial charge in [-0.2, -0.15) is 10.2 Å². The molecule has 2 amide bonds. The summed E-state index contributed by atoms with van der Waals surface area (Å²) in [5.41, 5.74) is 19.3. The van der Waals surface area contributed by atoms with Gasteiger partial charge in [-0.3, -0.25) is 0 Å². The number of anilines is 1. The van der Waals surface area contributed by atoms with Crippen LogP contribution in [0.15, 0.2) is 116 Å². The Labute approximate surface area is 428 Å². The number of para-hydroxylation sites is 3. The number of nitrogens with zero attached hydrogens (tertiary/aromatic N) is 5. The van der Waals surface area contributed by atoms with Gasteiger partial charge >= 0.3 is 6.03 Å². The maximum Gasteiger partial charge on any atom is 0.322 e. The van der Waals surface area contributed by atoms with Crippen LogP contribution < -0.4 is 10.6 Å². The van der Waals surface area contributed by atoms with Gasteiger partial charge in [0.25, 0.3) is 0 Å². The topological polar surface area (TPSA) is 112 Å². The number of carbonyl (C=O) groups is 1. The van der Waals surface area contributed by atoms with Crippen LogP contribution in [0.25, 0.3) is 55.7 Å². The molecule has 11 rings (SSSR count). The number of aryl methyl sites for hydroxylation is 4. The van der Waals surface area contributed by atoms with E-state index in [0.29, 0.717) is 24.5 Å². The number of hydrogen-bond donors (Lipinski definition) is 4. The molecule has 2 aliphatic rings. The highest BCUT2D eigenvalue weighted by Gasteiger charge is 2.31. The molecule has 0 unspecified atom stereocenters. The molecule has 0 atom stereocenters. The van der Waals surface area contributed by atoms with Crippen LogP contribution in [0, 0.1) is 0 Å². The molecule has 0 saturated carbocycles. The van der Waals surface area contributed by atoms with E-state index >= 15 is 0 Å². The largest absolute Gasteiger partial charge is 0.360 e. The van der Waals surface area contributed by atoms with E-state index in [1.54, 1.807) is 0 Å². The highest BCUT2D eigenvalue weighted by Crippen LogP contribution is 2.41. The summed E-state index contributed by atoms with van der Waals surface area (Å²) < 4.78 is 4.35. The van der Waals surface area contributed by atoms with Gasteiger partial charge in [-0.05, 0) is 84.3 Å². The molecule has 0 saturated heterocycles. The molecule has 0 spiro atoms. The van der Waals surface area contributed by atoms with Crippen molar-refractivity contribution < 1.29 is 4.79 Å². The molecule has 364 valence electrons. The minimum absolute atomic E-state index is 0. The first-order chi connectivity index (χ1) is 32.8. The number of hydrogen-bond acceptors (Lipinski definition) is 4. The molecule has 0 radical (unpaired) electrons. The van der Waals surface area contributed by atoms with E-state index in [2.05, 4.69) is 118 Å². The van der Waals surface area contributed by atoms with Crippen LogP contribution in [0.2, 0.25) is 10.0 Å². The molecule has 13 heteroatoms. The predicted octanol–water partition coefficient (Wildman–Crippen LogP) is 14.5. The summed E-state index contributed by atoms with van der Waals surface area (Å²) in [6, 6.07) is 34.9. The number of carbonyl (C=O) groups excluding carboxylic acids is 1. The minimum atomic E-state index is -0.105. The Morgan fingerprint density at radius 3 is 1.60 bits per heavy atom. The number of rotatable bonds is 9. The van der Waals surface area contributed by atoms with Crippen molar-refractivity contribution in [3.05, 3.63) is 170 Å². The molecule has 0 fully saturated rings. The summed E-state index contributed by atoms with van der Waals surface area (Å²) in [6.07, 6.45) is 9.29. The fourth-order valence-electron chi connectivity index (χ4n) is 10.1. The highest BCUT2D eigenvalue weighted by atomic mass is 35.5. The summed E-state index contributed by atoms with van der Waals surface area (Å²) in [4.78, 5) is 21.8. The van der Waals surface area contributed by atoms with Crippen molar-refractivity contribution in [2.45, 2.75) is 94.2 Å². The van der Waals surface area contributed by atoms with Crippen molar-refractivity contribution in [2.75, 3.05) is 18.4 Å². The molecular weight excluding hydrogens is 933 g/mol. The van der Waals surface area contributed by atoms with E-state index < -0.39 is 0 Å². The third-order valence-electron chi connectivity index (χ3n) is 13.5. The average Bonchev–Trinajstić information content (AvgIpc) is 4.20. The summed E-state index contributed by atoms with van der Waals surface area (Å²) in [5.74, 6) is 0. The van der Waals surface area contributed by atoms with Gasteiger partial charge in [0, 0.05) is 83.6 Å². The Kier molecular flexibility index (Phi) is 16.3. The fourth-order valence-corrected chi connectivity index (χ4v) is 10.5. The second-order valence-corrected chi connectivity index (χ2v) is 18.1. The predicted molar refractivity (Wildman–Crippen MR) is 295 cm³/mol. The Bertz CT molecular complexity index is 3230. The van der Waals surface area contributed by atoms with Crippen molar-refractivity contribution in [1.29, 1.82) is 0 Å². The number of nitrogens with one attached hydrogen (secondary N) is 4. The monoisotopic (exact) mass is 995 g/mol. The maximum absolute atomic E-state index is 13.3. The molecule has 10 nitrogen and oxygen atoms in total. The van der Waals surface area contributed by atoms with Crippen molar-refractivity contribution >= 4 is 69.1 Å². The lowest BCUT2D eigenvalue weighted by atomic mass is 9.97. The van der Waals surface area contributed by atoms with E-state index in [4.69, 9.17) is 33.4 Å². The Morgan fingerprint density at radius 1 is 0.614 bits per heavy atom. The summed E-state index contributed by atoms with van der Waals surface area (Å²) >= 11 is 13.0. The summed E-state index contributed by atoms with van der Waals surface area (Å²) in [5, 5.41) is 20.6. The van der Waals surface area contributed by atoms with Crippen molar-refractivity contribution in [1.82, 2.24) is 39.7 Å². The van der Waals surface area contributed by atoms with Gasteiger partial charge < -0.3 is 25.5 Å². The molecule has 4 aromatic heterocycles. The van der Waals surface area contributed by atoms with Gasteiger partial charge in [-0.1, -0.05) is 132 Å². The van der Waals surface area contributed by atoms with Gasteiger partial charge in [0.15, 0.2) is 0 Å². The first kappa shape index (κ1) is 51.5. The van der Waals surface area contributed by atoms with Crippen molar-refractivity contribution in [3.8, 4) is 33.9 Å². The molecule has 9 aromatic rings. The third-order valence-corrected chi connectivity index (χ3v) is 14.1. The number of halogens is 3. The maximum atomic E-state index is 13.3. The molecule has 6 heterocycles. The fraction of sp³-hybridized carbons (Fsp3) is 0.281. The van der Waals surface area contributed by atoms with Crippen molar-refractivity contribution in [2.24, 2.45) is 0 Å². The minimum Gasteiger partial charge on any atom is -0.360 e. The number of urea groups is 1. The second-order valence-electron chi connectivity index (χ2n) is 17.3. The highest BCUT2D eigenvalue weighted by molar-refractivity contribution is 6.36. The van der Waals surface area contributed by atoms with E-state index in [9.17, 15) is 4.79 Å². The third kappa shape index (κ3) is 9.38. The summed E-state index contributed by atoms with van der Waals surface area (Å²) in [7, 11) is 0. The van der Waals surface area contributed by atoms with E-state index in [1.807, 2.05) is 59.8 Å². The first-order valence-corrected chi connectivity index (χ1v) is 24.3. The number of H-pyrrole nitrogens is 2. The second kappa shape index (κ2) is 22.2. The number of fused-ring (bicyclic) bond motifs is 4. The molecule has 0 bridgehead atoms. The lowest BCUT2D eigenvalue weighted by Gasteiger charge is -2.27. The quantitative estimate of drug-likeness (QED) is 0.115. The molecule has 2 aliphatic heterocycles. The van der Waals surface area contributed by atoms with Crippen LogP contribution in [0.5, 0.6) is 0 Å². The van der Waals surface area contributed by atoms with Crippen LogP contribution in [0.3, 0.4) is 0 Å². The average molecular weight is 998 g/mol. The standard InChI is InChI=1S/C31H30ClN5O.C24H25ClN4.2CH4.ClH/c1-3-20-9-8-10-21(4-2)29(20)37-30(24-13-14-26(32)28-23(24)15-17-33-28)25-19-36(18-16-27(25)35-37)31(38)34-22-11-6-5-7-12-22;1-3-15-6-5-7-16(4-2)23(15)29-24(19-14-26-12-11-21(19)28-29)18-8-9-20(25)22-17(18)10-13-27-22;;;/h5-15,17,33H,3-4,16,18-19H2,1-2H3,(H,34,38);5-10,13,26-27H,3-4,11-12,14H2,1-2H3;2*1H4;1H. The van der Waals surface area contributed by atoms with Gasteiger partial charge in [0.1, 0.15) is 0 Å². The smallest absolute Gasteiger partial charge is 0.322 e. The Balaban J connectivity index is 0.000000204. The normalized spacial score (nSPS) is 12.8. The SMILES string of the molecule is C.C.CCc1cccc(CC)c1-n1nc2c(c1-c1ccc(Cl)c3[nH]ccc13)CN(C(=O)Nc1ccccc1)CC2.CCc1cccc(CC)c1-n1nc2c(c1-c1ccc(Cl)c3[nH]ccc13)CNCC2.Cl. The first-order valence-electron chi connectivity index (χ1n) is 23.6. The van der Waals surface area contributed by atoms with E-state index in [0.717, 1.165) is 106 Å². The number of benzene rings is 5. The zero-order valence-corrected chi connectivity index (χ0v) is 41.2. The Hall–Kier alpha value is -6.30. The molecule has 5 aromatic carbocycles. The number of amides is 2. The molecular formula is C57H64Cl3N9O. The molecule has 0 aliphatic carbocycles. The van der Waals surface area contributed by atoms with Gasteiger partial charge in [0.2, 0.25) is 0 Å². The van der Waals surface area contributed by atoms with Crippen molar-refractivity contribution in [3.63, 3.8) is 0 Å². The van der Waals surface area contributed by atoms with E-state index in [1.165, 1.54) is 50.5 Å². The van der Waals surface area contributed by atoms with Crippen LogP contribution >= 0.6 is 35.6 Å². The van der Waals surface area contributed by atoms with E-state index in [-0.39, 0.29) is 33.3 Å². The molecule has 70 heavy (non-hydrogen) atoms. The zero-order chi connectivity index (χ0) is 46.2. The molecule has 4 N–H and O–H groups in total. The lowest BCUT2D eigenvalue weighted by molar-refractivity contribution is 0.206. The number of aromatic nitrogens is 6. The number of aromatic amines is 2.